The Morgan fingerprint density at radius 1 is 1.50 bits per heavy atom. The molecule has 92 valence electrons. The van der Waals surface area contributed by atoms with Crippen molar-refractivity contribution in [2.75, 3.05) is 31.1 Å². The molecule has 1 unspecified atom stereocenters. The van der Waals surface area contributed by atoms with Crippen LogP contribution in [0.1, 0.15) is 12.8 Å². The fourth-order valence-electron chi connectivity index (χ4n) is 1.74. The zero-order valence-electron chi connectivity index (χ0n) is 9.22. The van der Waals surface area contributed by atoms with Crippen molar-refractivity contribution in [3.05, 3.63) is 0 Å². The Hall–Kier alpha value is -0.750. The van der Waals surface area contributed by atoms with Crippen molar-refractivity contribution in [3.8, 4) is 0 Å². The molecular formula is C10H18N2O3S. The van der Waals surface area contributed by atoms with Crippen molar-refractivity contribution < 1.29 is 14.7 Å². The van der Waals surface area contributed by atoms with E-state index in [4.69, 9.17) is 10.8 Å². The molecule has 0 aromatic carbocycles. The van der Waals surface area contributed by atoms with Crippen LogP contribution in [0.15, 0.2) is 0 Å². The molecule has 1 fully saturated rings. The first-order valence-corrected chi connectivity index (χ1v) is 6.59. The second kappa shape index (κ2) is 6.75. The van der Waals surface area contributed by atoms with E-state index in [0.717, 1.165) is 12.2 Å². The van der Waals surface area contributed by atoms with Gasteiger partial charge in [0.25, 0.3) is 0 Å². The van der Waals surface area contributed by atoms with E-state index in [0.29, 0.717) is 31.8 Å². The van der Waals surface area contributed by atoms with Gasteiger partial charge in [-0.15, -0.1) is 0 Å². The lowest BCUT2D eigenvalue weighted by molar-refractivity contribution is -0.145. The molecule has 6 heteroatoms. The van der Waals surface area contributed by atoms with Gasteiger partial charge in [-0.25, -0.2) is 0 Å². The fraction of sp³-hybridized carbons (Fsp3) is 0.800. The highest BCUT2D eigenvalue weighted by molar-refractivity contribution is 7.99. The summed E-state index contributed by atoms with van der Waals surface area (Å²) in [5.41, 5.74) is 5.33. The van der Waals surface area contributed by atoms with E-state index < -0.39 is 11.9 Å². The molecule has 1 heterocycles. The number of amides is 1. The minimum Gasteiger partial charge on any atom is -0.481 e. The fourth-order valence-corrected chi connectivity index (χ4v) is 2.41. The maximum Gasteiger partial charge on any atom is 0.308 e. The Labute approximate surface area is 99.4 Å². The summed E-state index contributed by atoms with van der Waals surface area (Å²) in [7, 11) is 0. The Bertz CT molecular complexity index is 260. The number of piperidine rings is 1. The van der Waals surface area contributed by atoms with E-state index in [2.05, 4.69) is 0 Å². The standard InChI is InChI=1S/C10H18N2O3S/c11-3-5-16-7-9(13)12-4-1-2-8(6-12)10(14)15/h8H,1-7,11H2,(H,14,15). The number of nitrogens with two attached hydrogens (primary N) is 1. The third-order valence-corrected chi connectivity index (χ3v) is 3.59. The summed E-state index contributed by atoms with van der Waals surface area (Å²) in [6.07, 6.45) is 1.46. The zero-order chi connectivity index (χ0) is 12.0. The highest BCUT2D eigenvalue weighted by Gasteiger charge is 2.27. The first kappa shape index (κ1) is 13.3. The number of rotatable bonds is 5. The Morgan fingerprint density at radius 3 is 2.88 bits per heavy atom. The van der Waals surface area contributed by atoms with Crippen molar-refractivity contribution >= 4 is 23.6 Å². The van der Waals surface area contributed by atoms with Gasteiger partial charge in [-0.3, -0.25) is 9.59 Å². The number of nitrogens with zero attached hydrogens (tertiary/aromatic N) is 1. The van der Waals surface area contributed by atoms with Gasteiger partial charge in [0.1, 0.15) is 0 Å². The summed E-state index contributed by atoms with van der Waals surface area (Å²) in [4.78, 5) is 24.2. The van der Waals surface area contributed by atoms with Crippen LogP contribution in [-0.4, -0.2) is 53.0 Å². The molecule has 1 rings (SSSR count). The van der Waals surface area contributed by atoms with Gasteiger partial charge in [-0.05, 0) is 12.8 Å². The molecule has 0 saturated carbocycles. The highest BCUT2D eigenvalue weighted by Crippen LogP contribution is 2.17. The third-order valence-electron chi connectivity index (χ3n) is 2.61. The molecule has 1 saturated heterocycles. The van der Waals surface area contributed by atoms with Crippen molar-refractivity contribution in [3.63, 3.8) is 0 Å². The quantitative estimate of drug-likeness (QED) is 0.667. The number of hydrogen-bond donors (Lipinski definition) is 2. The lowest BCUT2D eigenvalue weighted by Crippen LogP contribution is -2.43. The lowest BCUT2D eigenvalue weighted by Gasteiger charge is -2.30. The lowest BCUT2D eigenvalue weighted by atomic mass is 9.98. The van der Waals surface area contributed by atoms with Gasteiger partial charge in [0.15, 0.2) is 0 Å². The van der Waals surface area contributed by atoms with Gasteiger partial charge in [0.2, 0.25) is 5.91 Å². The van der Waals surface area contributed by atoms with Crippen LogP contribution >= 0.6 is 11.8 Å². The van der Waals surface area contributed by atoms with E-state index in [1.807, 2.05) is 0 Å². The SMILES string of the molecule is NCCSCC(=O)N1CCCC(C(=O)O)C1. The molecule has 0 aromatic heterocycles. The average Bonchev–Trinajstić information content (AvgIpc) is 2.29. The summed E-state index contributed by atoms with van der Waals surface area (Å²) in [5, 5.41) is 8.89. The molecule has 0 bridgehead atoms. The van der Waals surface area contributed by atoms with Crippen LogP contribution in [0.4, 0.5) is 0 Å². The summed E-state index contributed by atoms with van der Waals surface area (Å²) < 4.78 is 0. The number of carboxylic acids is 1. The number of carboxylic acid groups (broad SMARTS) is 1. The molecular weight excluding hydrogens is 228 g/mol. The number of thioether (sulfide) groups is 1. The molecule has 1 amide bonds. The third kappa shape index (κ3) is 4.02. The molecule has 5 nitrogen and oxygen atoms in total. The van der Waals surface area contributed by atoms with Gasteiger partial charge in [0.05, 0.1) is 11.7 Å². The zero-order valence-corrected chi connectivity index (χ0v) is 10.0. The van der Waals surface area contributed by atoms with Crippen LogP contribution in [0.25, 0.3) is 0 Å². The molecule has 1 aliphatic rings. The van der Waals surface area contributed by atoms with Crippen molar-refractivity contribution in [2.45, 2.75) is 12.8 Å². The normalized spacial score (nSPS) is 20.8. The summed E-state index contributed by atoms with van der Waals surface area (Å²) in [6.45, 7) is 1.61. The minimum absolute atomic E-state index is 0.0319. The molecule has 1 atom stereocenters. The molecule has 0 spiro atoms. The predicted octanol–water partition coefficient (Wildman–Crippen LogP) is 0.00150. The molecule has 1 aliphatic heterocycles. The average molecular weight is 246 g/mol. The van der Waals surface area contributed by atoms with Gasteiger partial charge < -0.3 is 15.7 Å². The van der Waals surface area contributed by atoms with Crippen LogP contribution in [0.3, 0.4) is 0 Å². The summed E-state index contributed by atoms with van der Waals surface area (Å²) in [6, 6.07) is 0. The number of likely N-dealkylation sites (tertiary alicyclic amines) is 1. The number of aliphatic carboxylic acids is 1. The van der Waals surface area contributed by atoms with Gasteiger partial charge in [-0.2, -0.15) is 11.8 Å². The molecule has 3 N–H and O–H groups in total. The van der Waals surface area contributed by atoms with Crippen LogP contribution in [0.5, 0.6) is 0 Å². The molecule has 16 heavy (non-hydrogen) atoms. The van der Waals surface area contributed by atoms with E-state index in [1.165, 1.54) is 11.8 Å². The highest BCUT2D eigenvalue weighted by atomic mass is 32.2. The van der Waals surface area contributed by atoms with Crippen molar-refractivity contribution in [1.29, 1.82) is 0 Å². The molecule has 0 aromatic rings. The van der Waals surface area contributed by atoms with Crippen molar-refractivity contribution in [1.82, 2.24) is 4.90 Å². The van der Waals surface area contributed by atoms with E-state index in [1.54, 1.807) is 4.90 Å². The molecule has 0 aliphatic carbocycles. The second-order valence-electron chi connectivity index (χ2n) is 3.86. The summed E-state index contributed by atoms with van der Waals surface area (Å²) in [5.74, 6) is 0.0135. The first-order valence-electron chi connectivity index (χ1n) is 5.43. The predicted molar refractivity (Wildman–Crippen MR) is 63.3 cm³/mol. The number of carbonyl (C=O) groups is 2. The Kier molecular flexibility index (Phi) is 5.62. The maximum absolute atomic E-state index is 11.7. The monoisotopic (exact) mass is 246 g/mol. The Balaban J connectivity index is 2.35. The van der Waals surface area contributed by atoms with Crippen LogP contribution < -0.4 is 5.73 Å². The smallest absolute Gasteiger partial charge is 0.308 e. The van der Waals surface area contributed by atoms with Crippen molar-refractivity contribution in [2.24, 2.45) is 11.7 Å². The Morgan fingerprint density at radius 2 is 2.25 bits per heavy atom. The topological polar surface area (TPSA) is 83.6 Å². The number of hydrogen-bond acceptors (Lipinski definition) is 4. The van der Waals surface area contributed by atoms with Crippen LogP contribution in [0, 0.1) is 5.92 Å². The number of carbonyl (C=O) groups excluding carboxylic acids is 1. The van der Waals surface area contributed by atoms with Crippen LogP contribution in [-0.2, 0) is 9.59 Å². The van der Waals surface area contributed by atoms with Gasteiger partial charge >= 0.3 is 5.97 Å². The molecule has 0 radical (unpaired) electrons. The van der Waals surface area contributed by atoms with E-state index >= 15 is 0 Å². The first-order chi connectivity index (χ1) is 7.65. The van der Waals surface area contributed by atoms with Gasteiger partial charge in [0, 0.05) is 25.4 Å². The van der Waals surface area contributed by atoms with E-state index in [9.17, 15) is 9.59 Å². The van der Waals surface area contributed by atoms with E-state index in [-0.39, 0.29) is 5.91 Å². The van der Waals surface area contributed by atoms with Gasteiger partial charge in [-0.1, -0.05) is 0 Å². The minimum atomic E-state index is -0.799. The maximum atomic E-state index is 11.7. The van der Waals surface area contributed by atoms with Crippen LogP contribution in [0.2, 0.25) is 0 Å². The second-order valence-corrected chi connectivity index (χ2v) is 4.96. The summed E-state index contributed by atoms with van der Waals surface area (Å²) >= 11 is 1.50. The largest absolute Gasteiger partial charge is 0.481 e.